The third-order valence-corrected chi connectivity index (χ3v) is 4.31. The van der Waals surface area contributed by atoms with Crippen LogP contribution < -0.4 is 0 Å². The number of fused-ring (bicyclic) bond motifs is 1. The molecule has 0 unspecified atom stereocenters. The molecule has 0 saturated heterocycles. The van der Waals surface area contributed by atoms with Crippen molar-refractivity contribution in [1.82, 2.24) is 4.90 Å². The number of hydrogen-bond donors (Lipinski definition) is 1. The molecule has 4 heteroatoms. The Hall–Kier alpha value is -1.65. The van der Waals surface area contributed by atoms with Crippen LogP contribution in [0.3, 0.4) is 0 Å². The predicted molar refractivity (Wildman–Crippen MR) is 80.3 cm³/mol. The monoisotopic (exact) mass is 331 g/mol. The van der Waals surface area contributed by atoms with E-state index in [1.165, 1.54) is 0 Å². The van der Waals surface area contributed by atoms with Gasteiger partial charge in [-0.25, -0.2) is 0 Å². The van der Waals surface area contributed by atoms with Crippen LogP contribution in [-0.4, -0.2) is 22.5 Å². The number of aliphatic hydroxyl groups is 1. The number of carbonyl (C=O) groups excluding carboxylic acids is 1. The van der Waals surface area contributed by atoms with Gasteiger partial charge in [-0.05, 0) is 23.3 Å². The van der Waals surface area contributed by atoms with Crippen molar-refractivity contribution in [3.8, 4) is 0 Å². The maximum atomic E-state index is 12.3. The summed E-state index contributed by atoms with van der Waals surface area (Å²) in [6.07, 6.45) is -0.659. The lowest BCUT2D eigenvalue weighted by Gasteiger charge is -2.20. The van der Waals surface area contributed by atoms with Crippen molar-refractivity contribution in [2.75, 3.05) is 6.54 Å². The summed E-state index contributed by atoms with van der Waals surface area (Å²) in [6.45, 7) is 0.851. The van der Waals surface area contributed by atoms with E-state index >= 15 is 0 Å². The molecule has 0 radical (unpaired) electrons. The molecular formula is C16H14BrNO2. The van der Waals surface area contributed by atoms with Gasteiger partial charge in [0.2, 0.25) is 0 Å². The minimum atomic E-state index is -0.659. The number of hydrogen-bond acceptors (Lipinski definition) is 2. The first-order chi connectivity index (χ1) is 9.66. The van der Waals surface area contributed by atoms with Crippen molar-refractivity contribution in [3.63, 3.8) is 0 Å². The lowest BCUT2D eigenvalue weighted by Crippen LogP contribution is -2.29. The summed E-state index contributed by atoms with van der Waals surface area (Å²) in [5.74, 6) is -0.0173. The Morgan fingerprint density at radius 3 is 2.60 bits per heavy atom. The number of benzene rings is 2. The minimum Gasteiger partial charge on any atom is -0.387 e. The largest absolute Gasteiger partial charge is 0.387 e. The van der Waals surface area contributed by atoms with Gasteiger partial charge in [0.1, 0.15) is 0 Å². The van der Waals surface area contributed by atoms with Crippen molar-refractivity contribution in [1.29, 1.82) is 0 Å². The molecule has 1 aliphatic rings. The third-order valence-electron chi connectivity index (χ3n) is 3.56. The summed E-state index contributed by atoms with van der Waals surface area (Å²) in [6, 6.07) is 15.0. The van der Waals surface area contributed by atoms with Crippen molar-refractivity contribution in [2.24, 2.45) is 0 Å². The van der Waals surface area contributed by atoms with E-state index in [1.807, 2.05) is 48.5 Å². The molecule has 20 heavy (non-hydrogen) atoms. The lowest BCUT2D eigenvalue weighted by atomic mass is 10.1. The van der Waals surface area contributed by atoms with Crippen LogP contribution in [0.1, 0.15) is 27.6 Å². The van der Waals surface area contributed by atoms with Crippen molar-refractivity contribution >= 4 is 21.8 Å². The summed E-state index contributed by atoms with van der Waals surface area (Å²) in [4.78, 5) is 14.0. The fourth-order valence-electron chi connectivity index (χ4n) is 2.49. The molecule has 2 aromatic rings. The van der Waals surface area contributed by atoms with Crippen molar-refractivity contribution in [2.45, 2.75) is 12.6 Å². The van der Waals surface area contributed by atoms with E-state index in [4.69, 9.17) is 0 Å². The fraction of sp³-hybridized carbons (Fsp3) is 0.188. The number of rotatable bonds is 3. The van der Waals surface area contributed by atoms with Crippen LogP contribution in [-0.2, 0) is 6.54 Å². The highest BCUT2D eigenvalue weighted by Gasteiger charge is 2.30. The lowest BCUT2D eigenvalue weighted by molar-refractivity contribution is 0.0645. The van der Waals surface area contributed by atoms with Gasteiger partial charge in [-0.15, -0.1) is 0 Å². The smallest absolute Gasteiger partial charge is 0.254 e. The van der Waals surface area contributed by atoms with Crippen LogP contribution >= 0.6 is 15.9 Å². The number of carbonyl (C=O) groups is 1. The second-order valence-corrected chi connectivity index (χ2v) is 5.73. The highest BCUT2D eigenvalue weighted by molar-refractivity contribution is 9.10. The predicted octanol–water partition coefficient (Wildman–Crippen LogP) is 3.14. The molecule has 3 nitrogen and oxygen atoms in total. The van der Waals surface area contributed by atoms with E-state index in [1.54, 1.807) is 4.90 Å². The summed E-state index contributed by atoms with van der Waals surface area (Å²) < 4.78 is 0.944. The standard InChI is InChI=1S/C16H14BrNO2/c17-14-8-4-7-12-13(14)9-18(16(12)20)10-15(19)11-5-2-1-3-6-11/h1-8,15,19H,9-10H2/t15-/m0/s1. The quantitative estimate of drug-likeness (QED) is 0.938. The molecule has 0 bridgehead atoms. The average molecular weight is 332 g/mol. The van der Waals surface area contributed by atoms with Crippen LogP contribution in [0.15, 0.2) is 53.0 Å². The number of amides is 1. The number of β-amino-alcohol motifs (C(OH)–C–C–N with tert-alkyl or cyclic N) is 1. The van der Waals surface area contributed by atoms with Crippen LogP contribution in [0, 0.1) is 0 Å². The average Bonchev–Trinajstić information content (AvgIpc) is 2.79. The van der Waals surface area contributed by atoms with Crippen LogP contribution in [0.5, 0.6) is 0 Å². The Kier molecular flexibility index (Phi) is 3.59. The molecule has 0 aliphatic carbocycles. The summed E-state index contributed by atoms with van der Waals surface area (Å²) in [7, 11) is 0. The molecule has 1 heterocycles. The molecule has 2 aromatic carbocycles. The Balaban J connectivity index is 1.78. The molecule has 1 N–H and O–H groups in total. The van der Waals surface area contributed by atoms with Gasteiger partial charge in [0.05, 0.1) is 12.6 Å². The van der Waals surface area contributed by atoms with Gasteiger partial charge in [-0.3, -0.25) is 4.79 Å². The molecule has 3 rings (SSSR count). The van der Waals surface area contributed by atoms with Crippen LogP contribution in [0.25, 0.3) is 0 Å². The molecule has 102 valence electrons. The second kappa shape index (κ2) is 5.38. The van der Waals surface area contributed by atoms with Gasteiger partial charge in [-0.1, -0.05) is 52.3 Å². The van der Waals surface area contributed by atoms with Crippen LogP contribution in [0.2, 0.25) is 0 Å². The van der Waals surface area contributed by atoms with E-state index in [9.17, 15) is 9.90 Å². The van der Waals surface area contributed by atoms with Crippen molar-refractivity contribution < 1.29 is 9.90 Å². The van der Waals surface area contributed by atoms with Gasteiger partial charge < -0.3 is 10.0 Å². The Morgan fingerprint density at radius 1 is 1.15 bits per heavy atom. The molecule has 1 amide bonds. The fourth-order valence-corrected chi connectivity index (χ4v) is 2.98. The van der Waals surface area contributed by atoms with Gasteiger partial charge >= 0.3 is 0 Å². The summed E-state index contributed by atoms with van der Waals surface area (Å²) >= 11 is 3.47. The second-order valence-electron chi connectivity index (χ2n) is 4.88. The first-order valence-corrected chi connectivity index (χ1v) is 7.26. The number of aliphatic hydroxyl groups excluding tert-OH is 1. The van der Waals surface area contributed by atoms with Gasteiger partial charge in [-0.2, -0.15) is 0 Å². The molecule has 0 aromatic heterocycles. The first-order valence-electron chi connectivity index (χ1n) is 6.46. The van der Waals surface area contributed by atoms with E-state index in [0.29, 0.717) is 13.1 Å². The zero-order chi connectivity index (χ0) is 14.1. The van der Waals surface area contributed by atoms with Crippen LogP contribution in [0.4, 0.5) is 0 Å². The Labute approximate surface area is 126 Å². The maximum absolute atomic E-state index is 12.3. The molecule has 0 spiro atoms. The van der Waals surface area contributed by atoms with Crippen molar-refractivity contribution in [3.05, 3.63) is 69.7 Å². The summed E-state index contributed by atoms with van der Waals surface area (Å²) in [5, 5.41) is 10.2. The van der Waals surface area contributed by atoms with E-state index in [0.717, 1.165) is 21.2 Å². The maximum Gasteiger partial charge on any atom is 0.254 e. The molecule has 1 aliphatic heterocycles. The normalized spacial score (nSPS) is 15.3. The Bertz CT molecular complexity index is 642. The van der Waals surface area contributed by atoms with Gasteiger partial charge in [0, 0.05) is 16.6 Å². The van der Waals surface area contributed by atoms with Gasteiger partial charge in [0.15, 0.2) is 0 Å². The van der Waals surface area contributed by atoms with E-state index in [2.05, 4.69) is 15.9 Å². The highest BCUT2D eigenvalue weighted by atomic mass is 79.9. The number of nitrogens with zero attached hydrogens (tertiary/aromatic N) is 1. The van der Waals surface area contributed by atoms with E-state index in [-0.39, 0.29) is 5.91 Å². The topological polar surface area (TPSA) is 40.5 Å². The molecule has 0 fully saturated rings. The summed E-state index contributed by atoms with van der Waals surface area (Å²) in [5.41, 5.74) is 2.55. The highest BCUT2D eigenvalue weighted by Crippen LogP contribution is 2.30. The molecular weight excluding hydrogens is 318 g/mol. The Morgan fingerprint density at radius 2 is 1.90 bits per heavy atom. The molecule has 0 saturated carbocycles. The zero-order valence-electron chi connectivity index (χ0n) is 10.8. The molecule has 1 atom stereocenters. The van der Waals surface area contributed by atoms with Gasteiger partial charge in [0.25, 0.3) is 5.91 Å². The first kappa shape index (κ1) is 13.3. The number of halogens is 1. The zero-order valence-corrected chi connectivity index (χ0v) is 12.4. The SMILES string of the molecule is O=C1c2cccc(Br)c2CN1C[C@H](O)c1ccccc1. The third kappa shape index (κ3) is 2.37. The van der Waals surface area contributed by atoms with E-state index < -0.39 is 6.10 Å². The minimum absolute atomic E-state index is 0.0173.